The average Bonchev–Trinajstić information content (AvgIpc) is 2.75. The molecule has 0 spiro atoms. The highest BCUT2D eigenvalue weighted by atomic mass is 16.5. The van der Waals surface area contributed by atoms with E-state index in [0.29, 0.717) is 5.56 Å². The summed E-state index contributed by atoms with van der Waals surface area (Å²) in [4.78, 5) is 14.1. The van der Waals surface area contributed by atoms with Crippen LogP contribution < -0.4 is 0 Å². The molecule has 0 fully saturated rings. The maximum Gasteiger partial charge on any atom is 0.308 e. The molecule has 2 rings (SSSR count). The number of ether oxygens (including phenoxy) is 1. The Morgan fingerprint density at radius 3 is 3.06 bits per heavy atom. The van der Waals surface area contributed by atoms with Gasteiger partial charge >= 0.3 is 5.97 Å². The molecular weight excluding hydrogens is 206 g/mol. The molecule has 2 aromatic rings. The Kier molecular flexibility index (Phi) is 2.92. The van der Waals surface area contributed by atoms with E-state index >= 15 is 0 Å². The first-order valence-electron chi connectivity index (χ1n) is 5.02. The molecule has 4 heteroatoms. The zero-order valence-corrected chi connectivity index (χ0v) is 8.93. The van der Waals surface area contributed by atoms with E-state index in [1.54, 1.807) is 0 Å². The number of esters is 1. The van der Waals surface area contributed by atoms with Gasteiger partial charge in [-0.15, -0.1) is 0 Å². The van der Waals surface area contributed by atoms with Crippen molar-refractivity contribution in [2.24, 2.45) is 0 Å². The van der Waals surface area contributed by atoms with Gasteiger partial charge in [0.25, 0.3) is 0 Å². The molecule has 16 heavy (non-hydrogen) atoms. The van der Waals surface area contributed by atoms with E-state index in [9.17, 15) is 9.90 Å². The highest BCUT2D eigenvalue weighted by molar-refractivity contribution is 5.80. The van der Waals surface area contributed by atoms with Crippen LogP contribution in [0.2, 0.25) is 0 Å². The van der Waals surface area contributed by atoms with Crippen molar-refractivity contribution in [3.05, 3.63) is 36.0 Å². The third-order valence-electron chi connectivity index (χ3n) is 2.55. The lowest BCUT2D eigenvalue weighted by Crippen LogP contribution is -2.07. The number of rotatable bonds is 3. The monoisotopic (exact) mass is 219 g/mol. The molecule has 84 valence electrons. The number of aliphatic hydroxyl groups excluding tert-OH is 1. The molecule has 0 aliphatic carbocycles. The molecule has 1 heterocycles. The molecule has 0 unspecified atom stereocenters. The Hall–Kier alpha value is -1.81. The van der Waals surface area contributed by atoms with Gasteiger partial charge in [-0.1, -0.05) is 12.1 Å². The van der Waals surface area contributed by atoms with Gasteiger partial charge in [-0.3, -0.25) is 4.79 Å². The van der Waals surface area contributed by atoms with Gasteiger partial charge in [0.1, 0.15) is 0 Å². The van der Waals surface area contributed by atoms with Crippen LogP contribution in [-0.4, -0.2) is 23.2 Å². The van der Waals surface area contributed by atoms with Gasteiger partial charge in [0.05, 0.1) is 19.6 Å². The Morgan fingerprint density at radius 2 is 2.31 bits per heavy atom. The topological polar surface area (TPSA) is 62.3 Å². The van der Waals surface area contributed by atoms with Crippen molar-refractivity contribution in [1.82, 2.24) is 4.98 Å². The second kappa shape index (κ2) is 4.37. The van der Waals surface area contributed by atoms with E-state index < -0.39 is 12.1 Å². The minimum Gasteiger partial charge on any atom is -0.469 e. The van der Waals surface area contributed by atoms with E-state index in [1.807, 2.05) is 30.5 Å². The minimum atomic E-state index is -0.819. The van der Waals surface area contributed by atoms with Crippen LogP contribution in [-0.2, 0) is 9.53 Å². The Bertz CT molecular complexity index is 504. The largest absolute Gasteiger partial charge is 0.469 e. The van der Waals surface area contributed by atoms with Crippen molar-refractivity contribution in [3.8, 4) is 0 Å². The fourth-order valence-electron chi connectivity index (χ4n) is 1.63. The number of carbonyl (C=O) groups excluding carboxylic acids is 1. The van der Waals surface area contributed by atoms with Crippen molar-refractivity contribution < 1.29 is 14.6 Å². The standard InChI is InChI=1S/C12H13NO3/c1-16-12(15)7-11(14)9-3-2-8-4-5-13-10(8)6-9/h2-6,11,13-14H,7H2,1H3/t11-/m1/s1. The number of carbonyl (C=O) groups is 1. The maximum absolute atomic E-state index is 11.0. The van der Waals surface area contributed by atoms with Gasteiger partial charge < -0.3 is 14.8 Å². The van der Waals surface area contributed by atoms with Gasteiger partial charge in [0.2, 0.25) is 0 Å². The van der Waals surface area contributed by atoms with Crippen LogP contribution in [0.3, 0.4) is 0 Å². The van der Waals surface area contributed by atoms with Crippen molar-refractivity contribution in [2.75, 3.05) is 7.11 Å². The molecule has 1 aromatic carbocycles. The summed E-state index contributed by atoms with van der Waals surface area (Å²) in [6.45, 7) is 0. The van der Waals surface area contributed by atoms with Gasteiger partial charge in [-0.05, 0) is 23.1 Å². The maximum atomic E-state index is 11.0. The lowest BCUT2D eigenvalue weighted by molar-refractivity contribution is -0.142. The van der Waals surface area contributed by atoms with Crippen molar-refractivity contribution in [2.45, 2.75) is 12.5 Å². The van der Waals surface area contributed by atoms with Crippen LogP contribution in [0.5, 0.6) is 0 Å². The molecule has 0 saturated carbocycles. The molecular formula is C12H13NO3. The van der Waals surface area contributed by atoms with Gasteiger partial charge in [0.15, 0.2) is 0 Å². The third kappa shape index (κ3) is 2.06. The minimum absolute atomic E-state index is 0.0251. The molecule has 4 nitrogen and oxygen atoms in total. The number of methoxy groups -OCH3 is 1. The quantitative estimate of drug-likeness (QED) is 0.773. The second-order valence-electron chi connectivity index (χ2n) is 3.62. The SMILES string of the molecule is COC(=O)C[C@@H](O)c1ccc2cc[nH]c2c1. The molecule has 0 bridgehead atoms. The Balaban J connectivity index is 2.22. The predicted molar refractivity (Wildman–Crippen MR) is 59.9 cm³/mol. The number of aromatic amines is 1. The first-order chi connectivity index (χ1) is 7.70. The number of fused-ring (bicyclic) bond motifs is 1. The molecule has 0 saturated heterocycles. The summed E-state index contributed by atoms with van der Waals surface area (Å²) in [6.07, 6.45) is 0.990. The molecule has 1 atom stereocenters. The van der Waals surface area contributed by atoms with Gasteiger partial charge in [0, 0.05) is 11.7 Å². The molecule has 1 aromatic heterocycles. The van der Waals surface area contributed by atoms with Crippen molar-refractivity contribution in [1.29, 1.82) is 0 Å². The highest BCUT2D eigenvalue weighted by Gasteiger charge is 2.13. The summed E-state index contributed by atoms with van der Waals surface area (Å²) < 4.78 is 4.51. The van der Waals surface area contributed by atoms with Crippen LogP contribution >= 0.6 is 0 Å². The summed E-state index contributed by atoms with van der Waals surface area (Å²) in [5, 5.41) is 10.9. The average molecular weight is 219 g/mol. The summed E-state index contributed by atoms with van der Waals surface area (Å²) in [6, 6.07) is 7.50. The summed E-state index contributed by atoms with van der Waals surface area (Å²) in [7, 11) is 1.31. The predicted octanol–water partition coefficient (Wildman–Crippen LogP) is 1.76. The number of H-pyrrole nitrogens is 1. The summed E-state index contributed by atoms with van der Waals surface area (Å²) >= 11 is 0. The van der Waals surface area contributed by atoms with Crippen LogP contribution in [0.15, 0.2) is 30.5 Å². The number of benzene rings is 1. The molecule has 0 aliphatic heterocycles. The van der Waals surface area contributed by atoms with E-state index in [-0.39, 0.29) is 6.42 Å². The third-order valence-corrected chi connectivity index (χ3v) is 2.55. The fraction of sp³-hybridized carbons (Fsp3) is 0.250. The van der Waals surface area contributed by atoms with Crippen LogP contribution in [0.25, 0.3) is 10.9 Å². The zero-order chi connectivity index (χ0) is 11.5. The number of aliphatic hydroxyl groups is 1. The lowest BCUT2D eigenvalue weighted by atomic mass is 10.1. The molecule has 0 amide bonds. The van der Waals surface area contributed by atoms with E-state index in [1.165, 1.54) is 7.11 Å². The highest BCUT2D eigenvalue weighted by Crippen LogP contribution is 2.21. The van der Waals surface area contributed by atoms with E-state index in [0.717, 1.165) is 10.9 Å². The number of hydrogen-bond acceptors (Lipinski definition) is 3. The Morgan fingerprint density at radius 1 is 1.50 bits per heavy atom. The summed E-state index contributed by atoms with van der Waals surface area (Å²) in [5.41, 5.74) is 1.65. The van der Waals surface area contributed by atoms with Crippen LogP contribution in [0.1, 0.15) is 18.1 Å². The second-order valence-corrected chi connectivity index (χ2v) is 3.62. The molecule has 2 N–H and O–H groups in total. The number of aromatic nitrogens is 1. The van der Waals surface area contributed by atoms with Gasteiger partial charge in [-0.25, -0.2) is 0 Å². The Labute approximate surface area is 92.9 Å². The van der Waals surface area contributed by atoms with Crippen LogP contribution in [0.4, 0.5) is 0 Å². The normalized spacial score (nSPS) is 12.6. The van der Waals surface area contributed by atoms with Crippen molar-refractivity contribution >= 4 is 16.9 Å². The molecule has 0 radical (unpaired) electrons. The first-order valence-corrected chi connectivity index (χ1v) is 5.02. The number of nitrogens with one attached hydrogen (secondary N) is 1. The molecule has 0 aliphatic rings. The fourth-order valence-corrected chi connectivity index (χ4v) is 1.63. The first kappa shape index (κ1) is 10.7. The van der Waals surface area contributed by atoms with Crippen molar-refractivity contribution in [3.63, 3.8) is 0 Å². The lowest BCUT2D eigenvalue weighted by Gasteiger charge is -2.09. The number of hydrogen-bond donors (Lipinski definition) is 2. The van der Waals surface area contributed by atoms with Crippen LogP contribution in [0, 0.1) is 0 Å². The zero-order valence-electron chi connectivity index (χ0n) is 8.93. The van der Waals surface area contributed by atoms with E-state index in [2.05, 4.69) is 9.72 Å². The smallest absolute Gasteiger partial charge is 0.308 e. The van der Waals surface area contributed by atoms with Gasteiger partial charge in [-0.2, -0.15) is 0 Å². The van der Waals surface area contributed by atoms with E-state index in [4.69, 9.17) is 0 Å². The summed E-state index contributed by atoms with van der Waals surface area (Å²) in [5.74, 6) is -0.418.